The number of nitrogens with zero attached hydrogens (tertiary/aromatic N) is 2. The second-order valence-corrected chi connectivity index (χ2v) is 5.68. The fraction of sp³-hybridized carbons (Fsp3) is 0.471. The fourth-order valence-corrected chi connectivity index (χ4v) is 2.56. The van der Waals surface area contributed by atoms with E-state index in [2.05, 4.69) is 15.5 Å². The summed E-state index contributed by atoms with van der Waals surface area (Å²) in [5.41, 5.74) is 0.841. The van der Waals surface area contributed by atoms with Crippen molar-refractivity contribution >= 4 is 5.91 Å². The van der Waals surface area contributed by atoms with Gasteiger partial charge < -0.3 is 19.3 Å². The highest BCUT2D eigenvalue weighted by Crippen LogP contribution is 2.20. The number of rotatable bonds is 7. The Morgan fingerprint density at radius 1 is 1.38 bits per heavy atom. The number of carbonyl (C=O) groups is 1. The van der Waals surface area contributed by atoms with Gasteiger partial charge in [0.2, 0.25) is 17.6 Å². The van der Waals surface area contributed by atoms with E-state index in [-0.39, 0.29) is 12.0 Å². The number of ether oxygens (including phenoxy) is 2. The predicted octanol–water partition coefficient (Wildman–Crippen LogP) is 1.97. The van der Waals surface area contributed by atoms with E-state index in [1.54, 1.807) is 7.11 Å². The number of amides is 1. The number of aryl methyl sites for hydroxylation is 1. The minimum atomic E-state index is -0.0327. The van der Waals surface area contributed by atoms with Gasteiger partial charge in [0.1, 0.15) is 5.75 Å². The third kappa shape index (κ3) is 4.32. The van der Waals surface area contributed by atoms with Crippen molar-refractivity contribution < 1.29 is 18.8 Å². The molecule has 2 heterocycles. The van der Waals surface area contributed by atoms with Crippen LogP contribution in [0.15, 0.2) is 28.8 Å². The molecule has 7 heteroatoms. The van der Waals surface area contributed by atoms with Gasteiger partial charge in [-0.3, -0.25) is 4.79 Å². The number of benzene rings is 1. The molecule has 1 aromatic carbocycles. The van der Waals surface area contributed by atoms with Crippen LogP contribution in [0.4, 0.5) is 0 Å². The second kappa shape index (κ2) is 7.92. The van der Waals surface area contributed by atoms with Crippen molar-refractivity contribution in [3.8, 4) is 17.1 Å². The van der Waals surface area contributed by atoms with Crippen LogP contribution in [-0.4, -0.2) is 42.4 Å². The first-order valence-corrected chi connectivity index (χ1v) is 8.10. The Kier molecular flexibility index (Phi) is 5.43. The fourth-order valence-electron chi connectivity index (χ4n) is 2.56. The highest BCUT2D eigenvalue weighted by atomic mass is 16.5. The van der Waals surface area contributed by atoms with E-state index in [1.165, 1.54) is 0 Å². The SMILES string of the molecule is COc1ccc(-c2noc(CCC(=O)NC[C@H]3CCCO3)n2)cc1. The second-order valence-electron chi connectivity index (χ2n) is 5.68. The molecule has 0 unspecified atom stereocenters. The van der Waals surface area contributed by atoms with Gasteiger partial charge in [-0.15, -0.1) is 0 Å². The molecule has 0 spiro atoms. The summed E-state index contributed by atoms with van der Waals surface area (Å²) >= 11 is 0. The van der Waals surface area contributed by atoms with Crippen LogP contribution in [0.2, 0.25) is 0 Å². The normalized spacial score (nSPS) is 17.0. The Bertz CT molecular complexity index is 663. The summed E-state index contributed by atoms with van der Waals surface area (Å²) in [4.78, 5) is 16.2. The molecule has 1 aliphatic heterocycles. The van der Waals surface area contributed by atoms with Crippen LogP contribution < -0.4 is 10.1 Å². The van der Waals surface area contributed by atoms with Gasteiger partial charge in [-0.1, -0.05) is 5.16 Å². The van der Waals surface area contributed by atoms with Crippen LogP contribution in [0.25, 0.3) is 11.4 Å². The molecule has 128 valence electrons. The number of methoxy groups -OCH3 is 1. The zero-order chi connectivity index (χ0) is 16.8. The number of nitrogens with one attached hydrogen (secondary N) is 1. The molecule has 0 radical (unpaired) electrons. The maximum atomic E-state index is 11.9. The first kappa shape index (κ1) is 16.4. The first-order valence-electron chi connectivity index (χ1n) is 8.10. The van der Waals surface area contributed by atoms with E-state index in [0.29, 0.717) is 31.1 Å². The van der Waals surface area contributed by atoms with E-state index < -0.39 is 0 Å². The molecule has 1 atom stereocenters. The maximum absolute atomic E-state index is 11.9. The van der Waals surface area contributed by atoms with Gasteiger partial charge in [-0.05, 0) is 37.1 Å². The van der Waals surface area contributed by atoms with Crippen LogP contribution >= 0.6 is 0 Å². The lowest BCUT2D eigenvalue weighted by molar-refractivity contribution is -0.121. The smallest absolute Gasteiger partial charge is 0.227 e. The maximum Gasteiger partial charge on any atom is 0.227 e. The van der Waals surface area contributed by atoms with Gasteiger partial charge in [-0.25, -0.2) is 0 Å². The van der Waals surface area contributed by atoms with Crippen LogP contribution in [0, 0.1) is 0 Å². The number of hydrogen-bond donors (Lipinski definition) is 1. The zero-order valence-corrected chi connectivity index (χ0v) is 13.7. The molecule has 1 aromatic heterocycles. The topological polar surface area (TPSA) is 86.5 Å². The summed E-state index contributed by atoms with van der Waals surface area (Å²) < 4.78 is 15.8. The number of aromatic nitrogens is 2. The molecule has 1 saturated heterocycles. The van der Waals surface area contributed by atoms with Gasteiger partial charge >= 0.3 is 0 Å². The van der Waals surface area contributed by atoms with Crippen molar-refractivity contribution in [2.75, 3.05) is 20.3 Å². The highest BCUT2D eigenvalue weighted by Gasteiger charge is 2.16. The number of hydrogen-bond acceptors (Lipinski definition) is 6. The molecule has 0 aliphatic carbocycles. The molecule has 1 fully saturated rings. The molecule has 1 amide bonds. The van der Waals surface area contributed by atoms with Gasteiger partial charge in [0.05, 0.1) is 13.2 Å². The summed E-state index contributed by atoms with van der Waals surface area (Å²) in [6.07, 6.45) is 2.96. The molecule has 7 nitrogen and oxygen atoms in total. The summed E-state index contributed by atoms with van der Waals surface area (Å²) in [7, 11) is 1.62. The monoisotopic (exact) mass is 331 g/mol. The molecule has 0 saturated carbocycles. The van der Waals surface area contributed by atoms with Gasteiger partial charge in [0.25, 0.3) is 0 Å². The number of carbonyl (C=O) groups excluding carboxylic acids is 1. The van der Waals surface area contributed by atoms with E-state index in [9.17, 15) is 4.79 Å². The average molecular weight is 331 g/mol. The van der Waals surface area contributed by atoms with Crippen molar-refractivity contribution in [2.24, 2.45) is 0 Å². The Labute approximate surface area is 140 Å². The average Bonchev–Trinajstić information content (AvgIpc) is 3.30. The third-order valence-corrected chi connectivity index (χ3v) is 3.93. The summed E-state index contributed by atoms with van der Waals surface area (Å²) in [5.74, 6) is 1.69. The minimum Gasteiger partial charge on any atom is -0.497 e. The van der Waals surface area contributed by atoms with Crippen molar-refractivity contribution in [1.29, 1.82) is 0 Å². The molecular weight excluding hydrogens is 310 g/mol. The summed E-state index contributed by atoms with van der Waals surface area (Å²) in [6.45, 7) is 1.36. The van der Waals surface area contributed by atoms with E-state index in [4.69, 9.17) is 14.0 Å². The third-order valence-electron chi connectivity index (χ3n) is 3.93. The quantitative estimate of drug-likeness (QED) is 0.835. The zero-order valence-electron chi connectivity index (χ0n) is 13.7. The van der Waals surface area contributed by atoms with Gasteiger partial charge in [0, 0.05) is 31.6 Å². The summed E-state index contributed by atoms with van der Waals surface area (Å²) in [6, 6.07) is 7.40. The lowest BCUT2D eigenvalue weighted by Gasteiger charge is -2.09. The van der Waals surface area contributed by atoms with Gasteiger partial charge in [-0.2, -0.15) is 4.98 Å². The first-order chi connectivity index (χ1) is 11.7. The molecule has 2 aromatic rings. The minimum absolute atomic E-state index is 0.0327. The largest absolute Gasteiger partial charge is 0.497 e. The van der Waals surface area contributed by atoms with E-state index >= 15 is 0 Å². The van der Waals surface area contributed by atoms with Crippen LogP contribution in [0.5, 0.6) is 5.75 Å². The van der Waals surface area contributed by atoms with Crippen molar-refractivity contribution in [3.05, 3.63) is 30.2 Å². The van der Waals surface area contributed by atoms with E-state index in [0.717, 1.165) is 30.8 Å². The predicted molar refractivity (Wildman–Crippen MR) is 86.6 cm³/mol. The lowest BCUT2D eigenvalue weighted by atomic mass is 10.2. The molecule has 0 bridgehead atoms. The summed E-state index contributed by atoms with van der Waals surface area (Å²) in [5, 5.41) is 6.83. The Morgan fingerprint density at radius 3 is 2.92 bits per heavy atom. The van der Waals surface area contributed by atoms with Gasteiger partial charge in [0.15, 0.2) is 0 Å². The highest BCUT2D eigenvalue weighted by molar-refractivity contribution is 5.76. The van der Waals surface area contributed by atoms with Crippen molar-refractivity contribution in [1.82, 2.24) is 15.5 Å². The molecule has 1 N–H and O–H groups in total. The standard InChI is InChI=1S/C17H21N3O4/c1-22-13-6-4-12(5-7-13)17-19-16(24-20-17)9-8-15(21)18-11-14-3-2-10-23-14/h4-7,14H,2-3,8-11H2,1H3,(H,18,21)/t14-/m1/s1. The molecule has 24 heavy (non-hydrogen) atoms. The van der Waals surface area contributed by atoms with Crippen LogP contribution in [0.3, 0.4) is 0 Å². The molecule has 3 rings (SSSR count). The van der Waals surface area contributed by atoms with Crippen LogP contribution in [-0.2, 0) is 16.0 Å². The van der Waals surface area contributed by atoms with Crippen LogP contribution in [0.1, 0.15) is 25.2 Å². The Balaban J connectivity index is 1.47. The Hall–Kier alpha value is -2.41. The molecule has 1 aliphatic rings. The van der Waals surface area contributed by atoms with Crippen molar-refractivity contribution in [2.45, 2.75) is 31.8 Å². The van der Waals surface area contributed by atoms with Crippen molar-refractivity contribution in [3.63, 3.8) is 0 Å². The Morgan fingerprint density at radius 2 is 2.21 bits per heavy atom. The lowest BCUT2D eigenvalue weighted by Crippen LogP contribution is -2.31. The van der Waals surface area contributed by atoms with E-state index in [1.807, 2.05) is 24.3 Å². The molecular formula is C17H21N3O4.